The quantitative estimate of drug-likeness (QED) is 0.299. The Balaban J connectivity index is 2.29. The fourth-order valence-electron chi connectivity index (χ4n) is 1.94. The lowest BCUT2D eigenvalue weighted by Crippen LogP contribution is -2.42. The maximum absolute atomic E-state index is 11.9. The Labute approximate surface area is 125 Å². The van der Waals surface area contributed by atoms with E-state index in [0.717, 1.165) is 0 Å². The second kappa shape index (κ2) is 5.47. The second-order valence-corrected chi connectivity index (χ2v) is 5.11. The zero-order valence-corrected chi connectivity index (χ0v) is 12.2. The lowest BCUT2D eigenvalue weighted by Gasteiger charge is -2.30. The lowest BCUT2D eigenvalue weighted by molar-refractivity contribution is -0.384. The molecule has 1 fully saturated rings. The molecule has 0 unspecified atom stereocenters. The maximum Gasteiger partial charge on any atom is 0.350 e. The van der Waals surface area contributed by atoms with Gasteiger partial charge >= 0.3 is 11.9 Å². The lowest BCUT2D eigenvalue weighted by atomic mass is 10.1. The van der Waals surface area contributed by atoms with E-state index in [2.05, 4.69) is 5.32 Å². The summed E-state index contributed by atoms with van der Waals surface area (Å²) in [6.45, 7) is 4.38. The Morgan fingerprint density at radius 3 is 2.36 bits per heavy atom. The smallest absolute Gasteiger partial charge is 0.350 e. The van der Waals surface area contributed by atoms with E-state index < -0.39 is 22.6 Å². The number of non-ortho nitro benzene ring substituents is 1. The van der Waals surface area contributed by atoms with Crippen LogP contribution in [0.15, 0.2) is 35.5 Å². The summed E-state index contributed by atoms with van der Waals surface area (Å²) >= 11 is 0. The van der Waals surface area contributed by atoms with Crippen LogP contribution in [-0.2, 0) is 19.1 Å². The number of carbonyl (C=O) groups excluding carboxylic acids is 2. The Morgan fingerprint density at radius 2 is 1.82 bits per heavy atom. The summed E-state index contributed by atoms with van der Waals surface area (Å²) in [6.07, 6.45) is 0. The average molecular weight is 306 g/mol. The van der Waals surface area contributed by atoms with Gasteiger partial charge in [-0.2, -0.15) is 0 Å². The Morgan fingerprint density at radius 1 is 1.23 bits per heavy atom. The minimum absolute atomic E-state index is 0.113. The molecule has 1 aliphatic rings. The van der Waals surface area contributed by atoms with Crippen molar-refractivity contribution >= 4 is 23.3 Å². The first-order chi connectivity index (χ1) is 10.2. The molecule has 8 nitrogen and oxygen atoms in total. The van der Waals surface area contributed by atoms with Crippen LogP contribution in [0.1, 0.15) is 20.8 Å². The molecule has 1 aromatic carbocycles. The standard InChI is InChI=1S/C14H14N2O6/c1-8(11-12(17)21-14(2,3)22-13(11)18)15-9-5-4-6-10(7-9)16(19)20/h4-7,15H,1-3H3. The highest BCUT2D eigenvalue weighted by Crippen LogP contribution is 2.26. The highest BCUT2D eigenvalue weighted by Gasteiger charge is 2.40. The monoisotopic (exact) mass is 306 g/mol. The fraction of sp³-hybridized carbons (Fsp3) is 0.286. The zero-order valence-electron chi connectivity index (χ0n) is 12.2. The van der Waals surface area contributed by atoms with Gasteiger partial charge in [0.2, 0.25) is 0 Å². The molecule has 0 radical (unpaired) electrons. The molecule has 0 bridgehead atoms. The number of anilines is 1. The van der Waals surface area contributed by atoms with E-state index in [4.69, 9.17) is 9.47 Å². The molecule has 1 aromatic rings. The molecule has 0 spiro atoms. The third-order valence-corrected chi connectivity index (χ3v) is 2.85. The van der Waals surface area contributed by atoms with Crippen molar-refractivity contribution in [1.29, 1.82) is 0 Å². The molecule has 0 aromatic heterocycles. The van der Waals surface area contributed by atoms with E-state index in [0.29, 0.717) is 5.69 Å². The molecule has 1 aliphatic heterocycles. The summed E-state index contributed by atoms with van der Waals surface area (Å²) < 4.78 is 9.98. The van der Waals surface area contributed by atoms with Gasteiger partial charge in [0.25, 0.3) is 11.5 Å². The van der Waals surface area contributed by atoms with Crippen LogP contribution < -0.4 is 5.32 Å². The van der Waals surface area contributed by atoms with Crippen molar-refractivity contribution in [3.63, 3.8) is 0 Å². The van der Waals surface area contributed by atoms with Crippen molar-refractivity contribution in [2.75, 3.05) is 5.32 Å². The van der Waals surface area contributed by atoms with Gasteiger partial charge in [0.1, 0.15) is 0 Å². The summed E-state index contributed by atoms with van der Waals surface area (Å²) in [7, 11) is 0. The third kappa shape index (κ3) is 3.22. The molecule has 0 saturated carbocycles. The minimum Gasteiger partial charge on any atom is -0.419 e. The first-order valence-electron chi connectivity index (χ1n) is 6.38. The zero-order chi connectivity index (χ0) is 16.5. The van der Waals surface area contributed by atoms with Crippen LogP contribution in [-0.4, -0.2) is 22.6 Å². The number of rotatable bonds is 3. The van der Waals surface area contributed by atoms with Crippen LogP contribution in [0.25, 0.3) is 0 Å². The van der Waals surface area contributed by atoms with E-state index in [9.17, 15) is 19.7 Å². The Bertz CT molecular complexity index is 670. The van der Waals surface area contributed by atoms with Gasteiger partial charge in [-0.3, -0.25) is 10.1 Å². The van der Waals surface area contributed by atoms with Crippen LogP contribution in [0.4, 0.5) is 11.4 Å². The van der Waals surface area contributed by atoms with Crippen molar-refractivity contribution in [2.45, 2.75) is 26.6 Å². The number of nitro benzene ring substituents is 1. The fourth-order valence-corrected chi connectivity index (χ4v) is 1.94. The topological polar surface area (TPSA) is 108 Å². The van der Waals surface area contributed by atoms with E-state index >= 15 is 0 Å². The first-order valence-corrected chi connectivity index (χ1v) is 6.38. The van der Waals surface area contributed by atoms with Gasteiger partial charge in [0.05, 0.1) is 4.92 Å². The van der Waals surface area contributed by atoms with Gasteiger partial charge in [0, 0.05) is 37.4 Å². The average Bonchev–Trinajstić information content (AvgIpc) is 2.36. The molecular formula is C14H14N2O6. The number of cyclic esters (lactones) is 2. The summed E-state index contributed by atoms with van der Waals surface area (Å²) in [5, 5.41) is 13.5. The van der Waals surface area contributed by atoms with Crippen molar-refractivity contribution in [2.24, 2.45) is 0 Å². The summed E-state index contributed by atoms with van der Waals surface area (Å²) in [5.74, 6) is -2.93. The van der Waals surface area contributed by atoms with Crippen molar-refractivity contribution in [3.05, 3.63) is 45.6 Å². The van der Waals surface area contributed by atoms with Crippen molar-refractivity contribution < 1.29 is 24.0 Å². The maximum atomic E-state index is 11.9. The van der Waals surface area contributed by atoms with E-state index in [-0.39, 0.29) is 17.0 Å². The number of nitro groups is 1. The molecule has 0 amide bonds. The Kier molecular flexibility index (Phi) is 3.85. The largest absolute Gasteiger partial charge is 0.419 e. The highest BCUT2D eigenvalue weighted by atomic mass is 16.7. The molecule has 8 heteroatoms. The third-order valence-electron chi connectivity index (χ3n) is 2.85. The number of benzene rings is 1. The van der Waals surface area contributed by atoms with Crippen LogP contribution in [0.5, 0.6) is 0 Å². The number of hydrogen-bond donors (Lipinski definition) is 1. The molecule has 22 heavy (non-hydrogen) atoms. The van der Waals surface area contributed by atoms with Crippen LogP contribution >= 0.6 is 0 Å². The number of ether oxygens (including phenoxy) is 2. The molecule has 0 atom stereocenters. The van der Waals surface area contributed by atoms with E-state index in [1.165, 1.54) is 39.0 Å². The van der Waals surface area contributed by atoms with Gasteiger partial charge < -0.3 is 14.8 Å². The number of nitrogens with one attached hydrogen (secondary N) is 1. The van der Waals surface area contributed by atoms with Gasteiger partial charge in [0.15, 0.2) is 5.57 Å². The van der Waals surface area contributed by atoms with Gasteiger partial charge in [-0.1, -0.05) is 6.07 Å². The van der Waals surface area contributed by atoms with Gasteiger partial charge in [-0.15, -0.1) is 0 Å². The van der Waals surface area contributed by atoms with E-state index in [1.54, 1.807) is 6.07 Å². The molecule has 0 aliphatic carbocycles. The molecule has 116 valence electrons. The van der Waals surface area contributed by atoms with Gasteiger partial charge in [-0.25, -0.2) is 9.59 Å². The number of nitrogens with zero attached hydrogens (tertiary/aromatic N) is 1. The van der Waals surface area contributed by atoms with Crippen LogP contribution in [0, 0.1) is 10.1 Å². The second-order valence-electron chi connectivity index (χ2n) is 5.11. The summed E-state index contributed by atoms with van der Waals surface area (Å²) in [5.41, 5.74) is 0.166. The highest BCUT2D eigenvalue weighted by molar-refractivity contribution is 6.16. The molecule has 2 rings (SSSR count). The van der Waals surface area contributed by atoms with E-state index in [1.807, 2.05) is 0 Å². The van der Waals surface area contributed by atoms with Gasteiger partial charge in [-0.05, 0) is 13.0 Å². The van der Waals surface area contributed by atoms with Crippen LogP contribution in [0.3, 0.4) is 0 Å². The summed E-state index contributed by atoms with van der Waals surface area (Å²) in [6, 6.07) is 5.67. The predicted molar refractivity (Wildman–Crippen MR) is 75.7 cm³/mol. The number of esters is 2. The predicted octanol–water partition coefficient (Wildman–Crippen LogP) is 2.12. The normalized spacial score (nSPS) is 16.6. The summed E-state index contributed by atoms with van der Waals surface area (Å²) in [4.78, 5) is 34.0. The number of carbonyl (C=O) groups is 2. The molecule has 1 heterocycles. The molecule has 1 saturated heterocycles. The molecule has 1 N–H and O–H groups in total. The SMILES string of the molecule is CC(Nc1cccc([N+](=O)[O-])c1)=C1C(=O)OC(C)(C)OC1=O. The van der Waals surface area contributed by atoms with Crippen molar-refractivity contribution in [1.82, 2.24) is 0 Å². The Hall–Kier alpha value is -2.90. The minimum atomic E-state index is -1.32. The number of allylic oxidation sites excluding steroid dienone is 1. The molecular weight excluding hydrogens is 292 g/mol. The first kappa shape index (κ1) is 15.5. The van der Waals surface area contributed by atoms with Crippen molar-refractivity contribution in [3.8, 4) is 0 Å². The van der Waals surface area contributed by atoms with Crippen LogP contribution in [0.2, 0.25) is 0 Å². The number of hydrogen-bond acceptors (Lipinski definition) is 7.